The zero-order valence-corrected chi connectivity index (χ0v) is 24.9. The van der Waals surface area contributed by atoms with Gasteiger partial charge in [0, 0.05) is 37.5 Å². The molecular weight excluding hydrogens is 512 g/mol. The molecule has 1 amide bonds. The van der Waals surface area contributed by atoms with Crippen molar-refractivity contribution >= 4 is 11.9 Å². The minimum Gasteiger partial charge on any atom is -0.463 e. The van der Waals surface area contributed by atoms with Crippen molar-refractivity contribution in [3.05, 3.63) is 21.5 Å². The highest BCUT2D eigenvalue weighted by atomic mass is 16.7. The summed E-state index contributed by atoms with van der Waals surface area (Å²) in [6.45, 7) is 12.4. The molecule has 1 spiro atoms. The third kappa shape index (κ3) is 3.92. The van der Waals surface area contributed by atoms with E-state index in [1.165, 1.54) is 13.8 Å². The molecule has 6 aliphatic rings. The number of nitro groups is 1. The fourth-order valence-corrected chi connectivity index (χ4v) is 10.8. The maximum Gasteiger partial charge on any atom is 0.302 e. The highest BCUT2D eigenvalue weighted by molar-refractivity contribution is 5.75. The number of amides is 1. The monoisotopic (exact) mass is 558 g/mol. The van der Waals surface area contributed by atoms with Gasteiger partial charge in [0.1, 0.15) is 6.10 Å². The van der Waals surface area contributed by atoms with Crippen LogP contribution in [0.15, 0.2) is 11.4 Å². The van der Waals surface area contributed by atoms with Gasteiger partial charge in [0.05, 0.1) is 29.2 Å². The molecule has 2 saturated heterocycles. The molecule has 0 aromatic carbocycles. The Balaban J connectivity index is 1.44. The molecule has 1 N–H and O–H groups in total. The van der Waals surface area contributed by atoms with Crippen molar-refractivity contribution in [1.82, 2.24) is 5.32 Å². The second kappa shape index (κ2) is 9.51. The van der Waals surface area contributed by atoms with Gasteiger partial charge in [-0.15, -0.1) is 0 Å². The SMILES string of the molecule is CC(=O)NC1=C([N+](=O)[O-])[C@H]2[C@@H](CCC3C[C@@H](OC(C)=O)CC[C@@]32C)[C@@H]2C[C@@H]3O[C@]4(CC[C@@H](C)CO4)[C@@H](C)[C@@H]3[C@@]12C. The second-order valence-electron chi connectivity index (χ2n) is 14.5. The molecule has 0 aromatic rings. The predicted molar refractivity (Wildman–Crippen MR) is 146 cm³/mol. The van der Waals surface area contributed by atoms with Crippen molar-refractivity contribution in [3.63, 3.8) is 0 Å². The van der Waals surface area contributed by atoms with Crippen LogP contribution in [0.5, 0.6) is 0 Å². The van der Waals surface area contributed by atoms with Gasteiger partial charge in [0.25, 0.3) is 5.70 Å². The van der Waals surface area contributed by atoms with Gasteiger partial charge in [0.15, 0.2) is 5.79 Å². The number of carbonyl (C=O) groups is 2. The molecule has 222 valence electrons. The lowest BCUT2D eigenvalue weighted by Gasteiger charge is -2.59. The molecule has 6 rings (SSSR count). The average Bonchev–Trinajstić information content (AvgIpc) is 3.31. The van der Waals surface area contributed by atoms with Gasteiger partial charge in [-0.2, -0.15) is 0 Å². The third-order valence-electron chi connectivity index (χ3n) is 12.4. The lowest BCUT2D eigenvalue weighted by molar-refractivity contribution is -0.447. The molecule has 12 atom stereocenters. The van der Waals surface area contributed by atoms with Crippen LogP contribution in [-0.4, -0.2) is 41.4 Å². The Morgan fingerprint density at radius 3 is 2.45 bits per heavy atom. The van der Waals surface area contributed by atoms with E-state index in [4.69, 9.17) is 14.2 Å². The molecule has 0 bridgehead atoms. The van der Waals surface area contributed by atoms with Crippen molar-refractivity contribution < 1.29 is 28.7 Å². The average molecular weight is 559 g/mol. The molecule has 3 saturated carbocycles. The summed E-state index contributed by atoms with van der Waals surface area (Å²) in [4.78, 5) is 37.4. The molecular formula is C31H46N2O7. The van der Waals surface area contributed by atoms with Gasteiger partial charge in [-0.3, -0.25) is 19.7 Å². The second-order valence-corrected chi connectivity index (χ2v) is 14.5. The smallest absolute Gasteiger partial charge is 0.302 e. The van der Waals surface area contributed by atoms with Crippen molar-refractivity contribution in [2.75, 3.05) is 6.61 Å². The Morgan fingerprint density at radius 1 is 1.07 bits per heavy atom. The summed E-state index contributed by atoms with van der Waals surface area (Å²) in [6.07, 6.45) is 6.60. The van der Waals surface area contributed by atoms with Gasteiger partial charge in [-0.1, -0.05) is 27.7 Å². The first-order valence-electron chi connectivity index (χ1n) is 15.5. The normalized spacial score (nSPS) is 49.5. The van der Waals surface area contributed by atoms with Gasteiger partial charge >= 0.3 is 5.97 Å². The van der Waals surface area contributed by atoms with Crippen LogP contribution in [0.4, 0.5) is 0 Å². The lowest BCUT2D eigenvalue weighted by atomic mass is 9.45. The highest BCUT2D eigenvalue weighted by Gasteiger charge is 2.73. The molecule has 2 aliphatic heterocycles. The van der Waals surface area contributed by atoms with Crippen LogP contribution >= 0.6 is 0 Å². The Hall–Kier alpha value is -2.00. The minimum absolute atomic E-state index is 0.0221. The molecule has 0 aromatic heterocycles. The van der Waals surface area contributed by atoms with E-state index in [0.717, 1.165) is 44.9 Å². The summed E-state index contributed by atoms with van der Waals surface area (Å²) in [5.41, 5.74) is -0.164. The number of allylic oxidation sites excluding steroid dienone is 2. The number of ether oxygens (including phenoxy) is 3. The molecule has 1 unspecified atom stereocenters. The van der Waals surface area contributed by atoms with E-state index in [2.05, 4.69) is 33.0 Å². The number of fused-ring (bicyclic) bond motifs is 7. The summed E-state index contributed by atoms with van der Waals surface area (Å²) < 4.78 is 18.9. The fraction of sp³-hybridized carbons (Fsp3) is 0.871. The van der Waals surface area contributed by atoms with Gasteiger partial charge in [-0.25, -0.2) is 0 Å². The number of nitrogens with one attached hydrogen (secondary N) is 1. The van der Waals surface area contributed by atoms with Crippen molar-refractivity contribution in [2.24, 2.45) is 52.3 Å². The van der Waals surface area contributed by atoms with Crippen molar-refractivity contribution in [2.45, 2.75) is 111 Å². The third-order valence-corrected chi connectivity index (χ3v) is 12.4. The van der Waals surface area contributed by atoms with E-state index in [1.807, 2.05) is 0 Å². The summed E-state index contributed by atoms with van der Waals surface area (Å²) in [6, 6.07) is 0. The maximum absolute atomic E-state index is 13.1. The van der Waals surface area contributed by atoms with Crippen LogP contribution in [0.1, 0.15) is 92.9 Å². The molecule has 9 nitrogen and oxygen atoms in total. The van der Waals surface area contributed by atoms with E-state index in [9.17, 15) is 19.7 Å². The van der Waals surface area contributed by atoms with E-state index >= 15 is 0 Å². The number of esters is 1. The van der Waals surface area contributed by atoms with Crippen LogP contribution in [0, 0.1) is 62.4 Å². The Bertz CT molecular complexity index is 1130. The first kappa shape index (κ1) is 28.1. The standard InChI is InChI=1S/C31H46N2O7/c1-16-9-12-31(38-15-16)17(2)25-24(40-31)14-23-22-8-7-20-13-21(39-19(4)35)10-11-29(20,5)26(22)27(33(36)37)28(30(23,25)6)32-18(3)34/h16-17,20-26H,7-15H2,1-6H3,(H,32,34)/t16-,17+,20?,21+,22+,23+,24+,25+,26-,29+,30+,31-/m1/s1. The molecule has 0 radical (unpaired) electrons. The molecule has 5 fully saturated rings. The number of hydrogen-bond acceptors (Lipinski definition) is 7. The molecule has 40 heavy (non-hydrogen) atoms. The molecule has 9 heteroatoms. The summed E-state index contributed by atoms with van der Waals surface area (Å²) >= 11 is 0. The Morgan fingerprint density at radius 2 is 1.82 bits per heavy atom. The van der Waals surface area contributed by atoms with Gasteiger partial charge in [0.2, 0.25) is 5.91 Å². The first-order chi connectivity index (χ1) is 18.8. The number of rotatable bonds is 3. The Labute approximate surface area is 237 Å². The van der Waals surface area contributed by atoms with Crippen molar-refractivity contribution in [1.29, 1.82) is 0 Å². The molecule has 2 heterocycles. The van der Waals surface area contributed by atoms with Crippen LogP contribution in [0.2, 0.25) is 0 Å². The number of carbonyl (C=O) groups excluding carboxylic acids is 2. The summed E-state index contributed by atoms with van der Waals surface area (Å²) in [7, 11) is 0. The van der Waals surface area contributed by atoms with E-state index < -0.39 is 11.2 Å². The van der Waals surface area contributed by atoms with Crippen LogP contribution in [0.25, 0.3) is 0 Å². The first-order valence-corrected chi connectivity index (χ1v) is 15.5. The molecule has 4 aliphatic carbocycles. The highest BCUT2D eigenvalue weighted by Crippen LogP contribution is 2.72. The van der Waals surface area contributed by atoms with E-state index in [0.29, 0.717) is 24.6 Å². The van der Waals surface area contributed by atoms with Crippen LogP contribution in [0.3, 0.4) is 0 Å². The number of nitrogens with zero attached hydrogens (tertiary/aromatic N) is 1. The maximum atomic E-state index is 13.1. The van der Waals surface area contributed by atoms with Crippen molar-refractivity contribution in [3.8, 4) is 0 Å². The predicted octanol–water partition coefficient (Wildman–Crippen LogP) is 5.21. The van der Waals surface area contributed by atoms with Crippen LogP contribution in [-0.2, 0) is 23.8 Å². The lowest BCUT2D eigenvalue weighted by Crippen LogP contribution is -2.58. The zero-order valence-electron chi connectivity index (χ0n) is 24.9. The van der Waals surface area contributed by atoms with E-state index in [-0.39, 0.29) is 75.6 Å². The quantitative estimate of drug-likeness (QED) is 0.287. The zero-order chi connectivity index (χ0) is 28.8. The Kier molecular flexibility index (Phi) is 6.69. The summed E-state index contributed by atoms with van der Waals surface area (Å²) in [5, 5.41) is 16.2. The summed E-state index contributed by atoms with van der Waals surface area (Å²) in [5.74, 6) is -0.357. The largest absolute Gasteiger partial charge is 0.463 e. The number of hydrogen-bond donors (Lipinski definition) is 1. The topological polar surface area (TPSA) is 117 Å². The minimum atomic E-state index is -0.651. The van der Waals surface area contributed by atoms with Gasteiger partial charge in [-0.05, 0) is 74.0 Å². The van der Waals surface area contributed by atoms with Gasteiger partial charge < -0.3 is 19.5 Å². The van der Waals surface area contributed by atoms with Crippen LogP contribution < -0.4 is 5.32 Å². The van der Waals surface area contributed by atoms with E-state index in [1.54, 1.807) is 0 Å². The fourth-order valence-electron chi connectivity index (χ4n) is 10.8.